The van der Waals surface area contributed by atoms with E-state index in [-0.39, 0.29) is 23.8 Å². The maximum atomic E-state index is 12.9. The van der Waals surface area contributed by atoms with E-state index in [0.29, 0.717) is 12.1 Å². The first-order valence-corrected chi connectivity index (χ1v) is 9.05. The third-order valence-electron chi connectivity index (χ3n) is 5.00. The highest BCUT2D eigenvalue weighted by atomic mass is 79.9. The number of anilines is 1. The lowest BCUT2D eigenvalue weighted by Gasteiger charge is -2.35. The summed E-state index contributed by atoms with van der Waals surface area (Å²) in [4.78, 5) is 34.1. The van der Waals surface area contributed by atoms with Crippen LogP contribution in [0, 0.1) is 12.7 Å². The largest absolute Gasteiger partial charge is 0.328 e. The van der Waals surface area contributed by atoms with Gasteiger partial charge < -0.3 is 4.90 Å². The summed E-state index contributed by atoms with van der Waals surface area (Å²) in [5.41, 5.74) is 2.82. The van der Waals surface area contributed by atoms with Crippen molar-refractivity contribution in [3.63, 3.8) is 0 Å². The normalized spacial score (nSPS) is 17.2. The molecule has 6 nitrogen and oxygen atoms in total. The van der Waals surface area contributed by atoms with Gasteiger partial charge in [-0.05, 0) is 43.0 Å². The van der Waals surface area contributed by atoms with Crippen LogP contribution >= 0.6 is 15.9 Å². The fourth-order valence-electron chi connectivity index (χ4n) is 3.64. The molecule has 1 aromatic heterocycles. The molecule has 1 saturated carbocycles. The van der Waals surface area contributed by atoms with Crippen LogP contribution in [0.3, 0.4) is 0 Å². The lowest BCUT2D eigenvalue weighted by Crippen LogP contribution is -2.47. The Hall–Kier alpha value is -2.35. The minimum absolute atomic E-state index is 0.0159. The predicted molar refractivity (Wildman–Crippen MR) is 96.3 cm³/mol. The van der Waals surface area contributed by atoms with E-state index in [2.05, 4.69) is 31.2 Å². The Morgan fingerprint density at radius 1 is 1.35 bits per heavy atom. The van der Waals surface area contributed by atoms with Crippen LogP contribution in [0.25, 0.3) is 0 Å². The third-order valence-corrected chi connectivity index (χ3v) is 5.86. The fraction of sp³-hybridized carbons (Fsp3) is 0.333. The van der Waals surface area contributed by atoms with Crippen molar-refractivity contribution in [3.8, 4) is 0 Å². The molecule has 8 heteroatoms. The van der Waals surface area contributed by atoms with Crippen molar-refractivity contribution < 1.29 is 14.0 Å². The molecule has 1 fully saturated rings. The number of nitrogens with zero attached hydrogens (tertiary/aromatic N) is 3. The Morgan fingerprint density at radius 3 is 2.69 bits per heavy atom. The van der Waals surface area contributed by atoms with Crippen molar-refractivity contribution in [2.24, 2.45) is 0 Å². The van der Waals surface area contributed by atoms with Gasteiger partial charge in [0.15, 0.2) is 5.82 Å². The van der Waals surface area contributed by atoms with Gasteiger partial charge in [-0.25, -0.2) is 14.4 Å². The molecule has 26 heavy (non-hydrogen) atoms. The summed E-state index contributed by atoms with van der Waals surface area (Å²) in [7, 11) is 0. The molecule has 0 saturated heterocycles. The topological polar surface area (TPSA) is 75.2 Å². The summed E-state index contributed by atoms with van der Waals surface area (Å²) >= 11 is 3.54. The number of carbonyl (C=O) groups excluding carboxylic acids is 2. The van der Waals surface area contributed by atoms with Crippen molar-refractivity contribution in [1.82, 2.24) is 14.9 Å². The smallest absolute Gasteiger partial charge is 0.254 e. The molecular weight excluding hydrogens is 403 g/mol. The van der Waals surface area contributed by atoms with Crippen LogP contribution in [0.1, 0.15) is 34.3 Å². The molecule has 0 radical (unpaired) electrons. The zero-order chi connectivity index (χ0) is 18.5. The molecule has 0 unspecified atom stereocenters. The summed E-state index contributed by atoms with van der Waals surface area (Å²) in [6.45, 7) is 2.45. The molecule has 4 rings (SSSR count). The Morgan fingerprint density at radius 2 is 2.04 bits per heavy atom. The highest BCUT2D eigenvalue weighted by molar-refractivity contribution is 9.10. The maximum absolute atomic E-state index is 12.9. The van der Waals surface area contributed by atoms with Gasteiger partial charge in [0.1, 0.15) is 6.54 Å². The molecule has 2 amide bonds. The van der Waals surface area contributed by atoms with E-state index in [9.17, 15) is 14.0 Å². The number of nitrogens with one attached hydrogen (secondary N) is 1. The predicted octanol–water partition coefficient (Wildman–Crippen LogP) is 2.81. The molecule has 1 N–H and O–H groups in total. The minimum atomic E-state index is -0.581. The van der Waals surface area contributed by atoms with Crippen molar-refractivity contribution in [1.29, 1.82) is 0 Å². The van der Waals surface area contributed by atoms with Crippen LogP contribution in [-0.4, -0.2) is 39.8 Å². The molecule has 2 heterocycles. The average molecular weight is 419 g/mol. The van der Waals surface area contributed by atoms with Crippen LogP contribution in [-0.2, 0) is 10.2 Å². The average Bonchev–Trinajstić information content (AvgIpc) is 3.37. The fourth-order valence-corrected chi connectivity index (χ4v) is 3.97. The van der Waals surface area contributed by atoms with Gasteiger partial charge in [-0.3, -0.25) is 14.9 Å². The van der Waals surface area contributed by atoms with E-state index in [4.69, 9.17) is 0 Å². The first kappa shape index (κ1) is 17.1. The molecular formula is C18H16BrFN4O2. The van der Waals surface area contributed by atoms with Crippen LogP contribution in [0.2, 0.25) is 0 Å². The Labute approximate surface area is 158 Å². The second kappa shape index (κ2) is 6.12. The molecule has 0 bridgehead atoms. The van der Waals surface area contributed by atoms with Gasteiger partial charge in [-0.1, -0.05) is 15.9 Å². The van der Waals surface area contributed by atoms with Crippen molar-refractivity contribution >= 4 is 33.7 Å². The number of hydrogen-bond acceptors (Lipinski definition) is 4. The summed E-state index contributed by atoms with van der Waals surface area (Å²) in [6.07, 6.45) is 3.96. The third kappa shape index (κ3) is 2.88. The van der Waals surface area contributed by atoms with Gasteiger partial charge in [0.05, 0.1) is 12.4 Å². The Kier molecular flexibility index (Phi) is 4.02. The van der Waals surface area contributed by atoms with E-state index < -0.39 is 11.7 Å². The van der Waals surface area contributed by atoms with E-state index >= 15 is 0 Å². The standard InChI is InChI=1S/C18H16BrFN4O2/c1-10-13(19)3-2-12-15(10)18(4-5-18)9-24(16(12)26)8-14(25)23-17-21-6-11(20)7-22-17/h2-3,6-7H,4-5,8-9H2,1H3,(H,21,22,23,25). The molecule has 0 atom stereocenters. The minimum Gasteiger partial charge on any atom is -0.328 e. The molecule has 1 aliphatic heterocycles. The van der Waals surface area contributed by atoms with E-state index in [0.717, 1.165) is 40.8 Å². The van der Waals surface area contributed by atoms with Crippen LogP contribution in [0.15, 0.2) is 29.0 Å². The number of hydrogen-bond donors (Lipinski definition) is 1. The van der Waals surface area contributed by atoms with Crippen LogP contribution < -0.4 is 5.32 Å². The van der Waals surface area contributed by atoms with Gasteiger partial charge in [0.25, 0.3) is 5.91 Å². The van der Waals surface area contributed by atoms with Gasteiger partial charge in [-0.15, -0.1) is 0 Å². The molecule has 2 aromatic rings. The maximum Gasteiger partial charge on any atom is 0.254 e. The first-order valence-electron chi connectivity index (χ1n) is 8.26. The van der Waals surface area contributed by atoms with Gasteiger partial charge in [0, 0.05) is 22.0 Å². The van der Waals surface area contributed by atoms with Crippen LogP contribution in [0.5, 0.6) is 0 Å². The molecule has 2 aliphatic rings. The summed E-state index contributed by atoms with van der Waals surface area (Å²) in [5, 5.41) is 2.50. The van der Waals surface area contributed by atoms with Crippen molar-refractivity contribution in [3.05, 3.63) is 51.5 Å². The quantitative estimate of drug-likeness (QED) is 0.831. The summed E-state index contributed by atoms with van der Waals surface area (Å²) in [5.74, 6) is -1.12. The zero-order valence-corrected chi connectivity index (χ0v) is 15.6. The van der Waals surface area contributed by atoms with Crippen molar-refractivity contribution in [2.45, 2.75) is 25.2 Å². The number of rotatable bonds is 3. The van der Waals surface area contributed by atoms with E-state index in [1.165, 1.54) is 0 Å². The SMILES string of the molecule is Cc1c(Br)ccc2c1C1(CC1)CN(CC(=O)Nc1ncc(F)cn1)C2=O. The lowest BCUT2D eigenvalue weighted by molar-refractivity contribution is -0.117. The monoisotopic (exact) mass is 418 g/mol. The summed E-state index contributed by atoms with van der Waals surface area (Å²) < 4.78 is 13.8. The van der Waals surface area contributed by atoms with Gasteiger partial charge in [-0.2, -0.15) is 0 Å². The first-order chi connectivity index (χ1) is 12.4. The molecule has 1 aromatic carbocycles. The number of halogens is 2. The zero-order valence-electron chi connectivity index (χ0n) is 14.1. The number of fused-ring (bicyclic) bond motifs is 2. The number of aromatic nitrogens is 2. The highest BCUT2D eigenvalue weighted by Gasteiger charge is 2.52. The lowest BCUT2D eigenvalue weighted by atomic mass is 9.83. The van der Waals surface area contributed by atoms with E-state index in [1.807, 2.05) is 19.1 Å². The van der Waals surface area contributed by atoms with Gasteiger partial charge in [0.2, 0.25) is 11.9 Å². The number of benzene rings is 1. The number of amides is 2. The highest BCUT2D eigenvalue weighted by Crippen LogP contribution is 2.54. The van der Waals surface area contributed by atoms with E-state index in [1.54, 1.807) is 4.90 Å². The Bertz CT molecular complexity index is 912. The second-order valence-corrected chi connectivity index (χ2v) is 7.66. The molecule has 1 aliphatic carbocycles. The summed E-state index contributed by atoms with van der Waals surface area (Å²) in [6, 6.07) is 3.69. The molecule has 134 valence electrons. The van der Waals surface area contributed by atoms with Crippen molar-refractivity contribution in [2.75, 3.05) is 18.4 Å². The second-order valence-electron chi connectivity index (χ2n) is 6.81. The molecule has 1 spiro atoms. The Balaban J connectivity index is 1.55. The van der Waals surface area contributed by atoms with Gasteiger partial charge >= 0.3 is 0 Å². The number of carbonyl (C=O) groups is 2. The van der Waals surface area contributed by atoms with Crippen LogP contribution in [0.4, 0.5) is 10.3 Å².